The molecule has 0 aromatic rings. The van der Waals surface area contributed by atoms with Crippen molar-refractivity contribution < 1.29 is 4.74 Å². The first-order valence-corrected chi connectivity index (χ1v) is 7.29. The molecule has 0 spiro atoms. The lowest BCUT2D eigenvalue weighted by atomic mass is 9.87. The van der Waals surface area contributed by atoms with Crippen molar-refractivity contribution in [3.05, 3.63) is 0 Å². The van der Waals surface area contributed by atoms with Crippen molar-refractivity contribution in [1.29, 1.82) is 0 Å². The molecule has 1 saturated carbocycles. The fraction of sp³-hybridized carbons (Fsp3) is 1.00. The molecule has 0 bridgehead atoms. The van der Waals surface area contributed by atoms with Crippen LogP contribution in [0.2, 0.25) is 0 Å². The van der Waals surface area contributed by atoms with E-state index in [4.69, 9.17) is 4.74 Å². The molecule has 102 valence electrons. The summed E-state index contributed by atoms with van der Waals surface area (Å²) in [4.78, 5) is 0. The predicted molar refractivity (Wildman–Crippen MR) is 74.3 cm³/mol. The van der Waals surface area contributed by atoms with Gasteiger partial charge in [-0.05, 0) is 31.2 Å². The molecule has 1 aliphatic carbocycles. The molecule has 0 amide bonds. The first-order valence-electron chi connectivity index (χ1n) is 7.29. The summed E-state index contributed by atoms with van der Waals surface area (Å²) in [5.74, 6) is 0.815. The zero-order valence-electron chi connectivity index (χ0n) is 12.2. The van der Waals surface area contributed by atoms with E-state index in [1.807, 2.05) is 7.05 Å². The fourth-order valence-electron chi connectivity index (χ4n) is 2.65. The largest absolute Gasteiger partial charge is 0.380 e. The maximum Gasteiger partial charge on any atom is 0.0624 e. The Bertz CT molecular complexity index is 190. The van der Waals surface area contributed by atoms with Crippen molar-refractivity contribution in [2.75, 3.05) is 20.3 Å². The third-order valence-electron chi connectivity index (χ3n) is 4.01. The molecule has 0 radical (unpaired) electrons. The van der Waals surface area contributed by atoms with Gasteiger partial charge >= 0.3 is 0 Å². The molecule has 2 nitrogen and oxygen atoms in total. The Hall–Kier alpha value is -0.0800. The minimum absolute atomic E-state index is 0.276. The summed E-state index contributed by atoms with van der Waals surface area (Å²) >= 11 is 0. The number of hydrogen-bond donors (Lipinski definition) is 1. The Kier molecular flexibility index (Phi) is 6.50. The number of nitrogens with one attached hydrogen (secondary N) is 1. The Morgan fingerprint density at radius 2 is 1.71 bits per heavy atom. The highest BCUT2D eigenvalue weighted by Crippen LogP contribution is 2.24. The van der Waals surface area contributed by atoms with E-state index >= 15 is 0 Å². The zero-order chi connectivity index (χ0) is 12.7. The van der Waals surface area contributed by atoms with Crippen LogP contribution in [-0.4, -0.2) is 26.3 Å². The monoisotopic (exact) mass is 241 g/mol. The quantitative estimate of drug-likeness (QED) is 0.742. The molecule has 1 rings (SSSR count). The highest BCUT2D eigenvalue weighted by atomic mass is 16.5. The Balaban J connectivity index is 2.21. The topological polar surface area (TPSA) is 21.3 Å². The molecule has 17 heavy (non-hydrogen) atoms. The van der Waals surface area contributed by atoms with Gasteiger partial charge < -0.3 is 10.1 Å². The third kappa shape index (κ3) is 5.87. The zero-order valence-corrected chi connectivity index (χ0v) is 12.2. The van der Waals surface area contributed by atoms with E-state index in [1.165, 1.54) is 38.5 Å². The average Bonchev–Trinajstić information content (AvgIpc) is 2.51. The Morgan fingerprint density at radius 1 is 1.12 bits per heavy atom. The van der Waals surface area contributed by atoms with Gasteiger partial charge in [-0.15, -0.1) is 0 Å². The summed E-state index contributed by atoms with van der Waals surface area (Å²) in [5.41, 5.74) is 0.276. The molecule has 0 heterocycles. The van der Waals surface area contributed by atoms with Crippen molar-refractivity contribution in [3.63, 3.8) is 0 Å². The molecule has 0 aromatic carbocycles. The second-order valence-electron chi connectivity index (χ2n) is 6.60. The average molecular weight is 241 g/mol. The predicted octanol–water partition coefficient (Wildman–Crippen LogP) is 3.61. The first kappa shape index (κ1) is 15.0. The summed E-state index contributed by atoms with van der Waals surface area (Å²) in [6, 6.07) is 0.452. The van der Waals surface area contributed by atoms with Crippen LogP contribution < -0.4 is 5.32 Å². The standard InChI is InChI=1S/C15H31NO/c1-15(2,3)14(16-4)12-17-11-13-9-7-5-6-8-10-13/h13-14,16H,5-12H2,1-4H3. The summed E-state index contributed by atoms with van der Waals surface area (Å²) in [6.45, 7) is 8.61. The van der Waals surface area contributed by atoms with Crippen LogP contribution in [0.5, 0.6) is 0 Å². The van der Waals surface area contributed by atoms with E-state index in [0.717, 1.165) is 19.1 Å². The highest BCUT2D eigenvalue weighted by molar-refractivity contribution is 4.78. The molecule has 0 aliphatic heterocycles. The lowest BCUT2D eigenvalue weighted by molar-refractivity contribution is 0.0526. The molecule has 0 aromatic heterocycles. The van der Waals surface area contributed by atoms with Crippen LogP contribution in [0.4, 0.5) is 0 Å². The highest BCUT2D eigenvalue weighted by Gasteiger charge is 2.23. The summed E-state index contributed by atoms with van der Waals surface area (Å²) < 4.78 is 5.95. The van der Waals surface area contributed by atoms with E-state index in [0.29, 0.717) is 6.04 Å². The van der Waals surface area contributed by atoms with Crippen LogP contribution in [0.1, 0.15) is 59.3 Å². The van der Waals surface area contributed by atoms with Gasteiger partial charge in [0.25, 0.3) is 0 Å². The maximum absolute atomic E-state index is 5.95. The molecule has 2 heteroatoms. The van der Waals surface area contributed by atoms with Crippen molar-refractivity contribution in [1.82, 2.24) is 5.32 Å². The SMILES string of the molecule is CNC(COCC1CCCCCC1)C(C)(C)C. The van der Waals surface area contributed by atoms with E-state index in [-0.39, 0.29) is 5.41 Å². The van der Waals surface area contributed by atoms with E-state index in [1.54, 1.807) is 0 Å². The van der Waals surface area contributed by atoms with Crippen LogP contribution in [-0.2, 0) is 4.74 Å². The Labute approximate surface area is 108 Å². The number of hydrogen-bond acceptors (Lipinski definition) is 2. The van der Waals surface area contributed by atoms with Crippen molar-refractivity contribution in [2.24, 2.45) is 11.3 Å². The second kappa shape index (κ2) is 7.38. The fourth-order valence-corrected chi connectivity index (χ4v) is 2.65. The van der Waals surface area contributed by atoms with Crippen LogP contribution >= 0.6 is 0 Å². The Morgan fingerprint density at radius 3 is 2.18 bits per heavy atom. The van der Waals surface area contributed by atoms with E-state index < -0.39 is 0 Å². The molecule has 0 saturated heterocycles. The smallest absolute Gasteiger partial charge is 0.0624 e. The maximum atomic E-state index is 5.95. The minimum Gasteiger partial charge on any atom is -0.380 e. The van der Waals surface area contributed by atoms with Gasteiger partial charge in [-0.2, -0.15) is 0 Å². The van der Waals surface area contributed by atoms with Gasteiger partial charge in [-0.25, -0.2) is 0 Å². The van der Waals surface area contributed by atoms with E-state index in [9.17, 15) is 0 Å². The minimum atomic E-state index is 0.276. The summed E-state index contributed by atoms with van der Waals surface area (Å²) in [5, 5.41) is 3.37. The van der Waals surface area contributed by atoms with Gasteiger partial charge in [0, 0.05) is 12.6 Å². The number of likely N-dealkylation sites (N-methyl/N-ethyl adjacent to an activating group) is 1. The van der Waals surface area contributed by atoms with Gasteiger partial charge in [0.2, 0.25) is 0 Å². The number of rotatable bonds is 5. The van der Waals surface area contributed by atoms with Crippen molar-refractivity contribution in [2.45, 2.75) is 65.3 Å². The van der Waals surface area contributed by atoms with E-state index in [2.05, 4.69) is 26.1 Å². The van der Waals surface area contributed by atoms with Gasteiger partial charge in [-0.1, -0.05) is 46.5 Å². The van der Waals surface area contributed by atoms with Crippen molar-refractivity contribution in [3.8, 4) is 0 Å². The summed E-state index contributed by atoms with van der Waals surface area (Å²) in [6.07, 6.45) is 8.42. The van der Waals surface area contributed by atoms with Gasteiger partial charge in [0.15, 0.2) is 0 Å². The molecule has 1 atom stereocenters. The lowest BCUT2D eigenvalue weighted by Crippen LogP contribution is -2.42. The van der Waals surface area contributed by atoms with Crippen LogP contribution in [0.15, 0.2) is 0 Å². The molecule has 1 fully saturated rings. The van der Waals surface area contributed by atoms with Crippen LogP contribution in [0.25, 0.3) is 0 Å². The first-order chi connectivity index (χ1) is 8.04. The van der Waals surface area contributed by atoms with Crippen LogP contribution in [0, 0.1) is 11.3 Å². The van der Waals surface area contributed by atoms with Gasteiger partial charge in [0.1, 0.15) is 0 Å². The molecule has 1 unspecified atom stereocenters. The number of ether oxygens (including phenoxy) is 1. The van der Waals surface area contributed by atoms with Crippen molar-refractivity contribution >= 4 is 0 Å². The molecular formula is C15H31NO. The summed E-state index contributed by atoms with van der Waals surface area (Å²) in [7, 11) is 2.03. The lowest BCUT2D eigenvalue weighted by Gasteiger charge is -2.30. The second-order valence-corrected chi connectivity index (χ2v) is 6.60. The molecule has 1 aliphatic rings. The molecule has 1 N–H and O–H groups in total. The van der Waals surface area contributed by atoms with Crippen LogP contribution in [0.3, 0.4) is 0 Å². The third-order valence-corrected chi connectivity index (χ3v) is 4.01. The normalized spacial score (nSPS) is 21.2. The van der Waals surface area contributed by atoms with Gasteiger partial charge in [0.05, 0.1) is 6.61 Å². The molecular weight excluding hydrogens is 210 g/mol. The van der Waals surface area contributed by atoms with Gasteiger partial charge in [-0.3, -0.25) is 0 Å².